The molecule has 0 N–H and O–H groups in total. The van der Waals surface area contributed by atoms with Crippen LogP contribution in [0.1, 0.15) is 38.9 Å². The monoisotopic (exact) mass is 303 g/mol. The summed E-state index contributed by atoms with van der Waals surface area (Å²) in [6.07, 6.45) is 6.36. The van der Waals surface area contributed by atoms with E-state index in [1.807, 2.05) is 17.9 Å². The van der Waals surface area contributed by atoms with Crippen molar-refractivity contribution < 1.29 is 4.74 Å². The van der Waals surface area contributed by atoms with Crippen molar-refractivity contribution in [3.05, 3.63) is 12.0 Å². The second-order valence-electron chi connectivity index (χ2n) is 5.90. The van der Waals surface area contributed by atoms with Crippen molar-refractivity contribution in [1.29, 1.82) is 0 Å². The summed E-state index contributed by atoms with van der Waals surface area (Å²) < 4.78 is 7.78. The van der Waals surface area contributed by atoms with Crippen LogP contribution in [0, 0.1) is 0 Å². The second-order valence-corrected chi connectivity index (χ2v) is 5.90. The van der Waals surface area contributed by atoms with Gasteiger partial charge in [0.05, 0.1) is 17.7 Å². The maximum absolute atomic E-state index is 5.95. The summed E-state index contributed by atoms with van der Waals surface area (Å²) >= 11 is 0. The topological polar surface area (TPSA) is 56.1 Å². The van der Waals surface area contributed by atoms with Gasteiger partial charge >= 0.3 is 0 Å². The zero-order valence-electron chi connectivity index (χ0n) is 13.7. The lowest BCUT2D eigenvalue weighted by Gasteiger charge is -2.33. The van der Waals surface area contributed by atoms with Gasteiger partial charge < -0.3 is 9.64 Å². The van der Waals surface area contributed by atoms with Crippen LogP contribution in [0.25, 0.3) is 11.0 Å². The molecule has 22 heavy (non-hydrogen) atoms. The molecule has 0 saturated carbocycles. The van der Waals surface area contributed by atoms with Gasteiger partial charge in [-0.2, -0.15) is 5.10 Å². The summed E-state index contributed by atoms with van der Waals surface area (Å²) in [6.45, 7) is 7.01. The lowest BCUT2D eigenvalue weighted by Crippen LogP contribution is -2.40. The van der Waals surface area contributed by atoms with E-state index in [0.29, 0.717) is 6.10 Å². The number of piperidine rings is 1. The van der Waals surface area contributed by atoms with Gasteiger partial charge in [-0.25, -0.2) is 9.97 Å². The predicted octanol–water partition coefficient (Wildman–Crippen LogP) is 2.32. The van der Waals surface area contributed by atoms with E-state index < -0.39 is 0 Å². The average Bonchev–Trinajstić information content (AvgIpc) is 2.93. The second kappa shape index (κ2) is 6.60. The van der Waals surface area contributed by atoms with E-state index in [1.54, 1.807) is 0 Å². The van der Waals surface area contributed by atoms with Gasteiger partial charge in [0.2, 0.25) is 0 Å². The number of fused-ring (bicyclic) bond motifs is 1. The Morgan fingerprint density at radius 2 is 2.18 bits per heavy atom. The van der Waals surface area contributed by atoms with Crippen LogP contribution in [0.4, 0.5) is 5.82 Å². The Kier molecular flexibility index (Phi) is 4.57. The van der Waals surface area contributed by atoms with E-state index in [9.17, 15) is 0 Å². The number of hydrogen-bond donors (Lipinski definition) is 0. The van der Waals surface area contributed by atoms with Gasteiger partial charge in [-0.05, 0) is 19.3 Å². The third-order valence-electron chi connectivity index (χ3n) is 4.17. The van der Waals surface area contributed by atoms with Crippen LogP contribution in [0.5, 0.6) is 0 Å². The molecule has 2 aromatic rings. The summed E-state index contributed by atoms with van der Waals surface area (Å²) in [4.78, 5) is 11.7. The van der Waals surface area contributed by atoms with E-state index in [-0.39, 0.29) is 0 Å². The molecule has 2 aromatic heterocycles. The molecule has 0 spiro atoms. The quantitative estimate of drug-likeness (QED) is 0.848. The first kappa shape index (κ1) is 15.2. The highest BCUT2D eigenvalue weighted by Gasteiger charge is 2.24. The minimum Gasteiger partial charge on any atom is -0.376 e. The normalized spacial score (nSPS) is 19.0. The molecule has 0 bridgehead atoms. The molecule has 0 amide bonds. The van der Waals surface area contributed by atoms with Crippen molar-refractivity contribution in [3.63, 3.8) is 0 Å². The van der Waals surface area contributed by atoms with Crippen LogP contribution in [-0.2, 0) is 18.2 Å². The molecular weight excluding hydrogens is 278 g/mol. The first-order valence-corrected chi connectivity index (χ1v) is 8.28. The summed E-state index contributed by atoms with van der Waals surface area (Å²) in [5.74, 6) is 1.89. The number of rotatable bonds is 5. The van der Waals surface area contributed by atoms with E-state index >= 15 is 0 Å². The molecule has 3 rings (SSSR count). The third-order valence-corrected chi connectivity index (χ3v) is 4.17. The smallest absolute Gasteiger partial charge is 0.163 e. The number of hydrogen-bond acceptors (Lipinski definition) is 5. The summed E-state index contributed by atoms with van der Waals surface area (Å²) in [5, 5.41) is 5.39. The fourth-order valence-corrected chi connectivity index (χ4v) is 3.00. The molecule has 1 aliphatic rings. The van der Waals surface area contributed by atoms with Crippen LogP contribution >= 0.6 is 0 Å². The molecule has 0 radical (unpaired) electrons. The number of aryl methyl sites for hydroxylation is 2. The van der Waals surface area contributed by atoms with Crippen molar-refractivity contribution in [1.82, 2.24) is 19.7 Å². The Morgan fingerprint density at radius 3 is 2.95 bits per heavy atom. The summed E-state index contributed by atoms with van der Waals surface area (Å²) in [7, 11) is 1.93. The number of ether oxygens (including phenoxy) is 1. The molecule has 1 atom stereocenters. The zero-order valence-corrected chi connectivity index (χ0v) is 13.7. The molecular formula is C16H25N5O. The van der Waals surface area contributed by atoms with E-state index in [1.165, 1.54) is 0 Å². The Hall–Kier alpha value is -1.69. The molecule has 6 heteroatoms. The maximum Gasteiger partial charge on any atom is 0.163 e. The maximum atomic E-state index is 5.95. The molecule has 1 saturated heterocycles. The van der Waals surface area contributed by atoms with E-state index in [4.69, 9.17) is 9.72 Å². The lowest BCUT2D eigenvalue weighted by atomic mass is 10.1. The van der Waals surface area contributed by atoms with Gasteiger partial charge in [0.25, 0.3) is 0 Å². The molecule has 120 valence electrons. The highest BCUT2D eigenvalue weighted by Crippen LogP contribution is 2.27. The fraction of sp³-hybridized carbons (Fsp3) is 0.688. The van der Waals surface area contributed by atoms with Crippen LogP contribution in [-0.4, -0.2) is 45.5 Å². The Balaban J connectivity index is 1.91. The SMILES string of the molecule is CCCO[C@H]1CCCN(c2nc(CC)nc3c2cnn3C)C1. The molecule has 1 fully saturated rings. The van der Waals surface area contributed by atoms with Crippen LogP contribution in [0.2, 0.25) is 0 Å². The number of nitrogens with zero attached hydrogens (tertiary/aromatic N) is 5. The van der Waals surface area contributed by atoms with Gasteiger partial charge in [-0.15, -0.1) is 0 Å². The lowest BCUT2D eigenvalue weighted by molar-refractivity contribution is 0.0439. The molecule has 0 unspecified atom stereocenters. The Bertz CT molecular complexity index is 639. The van der Waals surface area contributed by atoms with Gasteiger partial charge in [-0.3, -0.25) is 4.68 Å². The standard InChI is InChI=1S/C16H25N5O/c1-4-9-22-12-7-6-8-21(11-12)16-13-10-17-20(3)15(13)18-14(5-2)19-16/h10,12H,4-9,11H2,1-3H3/t12-/m0/s1. The van der Waals surface area contributed by atoms with Crippen LogP contribution in [0.15, 0.2) is 6.20 Å². The van der Waals surface area contributed by atoms with E-state index in [0.717, 1.165) is 68.1 Å². The van der Waals surface area contributed by atoms with Gasteiger partial charge in [0, 0.05) is 33.2 Å². The van der Waals surface area contributed by atoms with Crippen molar-refractivity contribution in [2.24, 2.45) is 7.05 Å². The van der Waals surface area contributed by atoms with Crippen LogP contribution < -0.4 is 4.90 Å². The fourth-order valence-electron chi connectivity index (χ4n) is 3.00. The molecule has 6 nitrogen and oxygen atoms in total. The predicted molar refractivity (Wildman–Crippen MR) is 87.2 cm³/mol. The van der Waals surface area contributed by atoms with Gasteiger partial charge in [-0.1, -0.05) is 13.8 Å². The molecule has 0 aromatic carbocycles. The zero-order chi connectivity index (χ0) is 15.5. The van der Waals surface area contributed by atoms with Crippen molar-refractivity contribution in [2.45, 2.75) is 45.6 Å². The van der Waals surface area contributed by atoms with Gasteiger partial charge in [0.1, 0.15) is 11.6 Å². The highest BCUT2D eigenvalue weighted by molar-refractivity contribution is 5.87. The number of aromatic nitrogens is 4. The first-order valence-electron chi connectivity index (χ1n) is 8.28. The highest BCUT2D eigenvalue weighted by atomic mass is 16.5. The van der Waals surface area contributed by atoms with Gasteiger partial charge in [0.15, 0.2) is 5.65 Å². The van der Waals surface area contributed by atoms with Crippen molar-refractivity contribution in [3.8, 4) is 0 Å². The summed E-state index contributed by atoms with van der Waals surface area (Å²) in [5.41, 5.74) is 0.915. The van der Waals surface area contributed by atoms with Crippen molar-refractivity contribution in [2.75, 3.05) is 24.6 Å². The molecule has 1 aliphatic heterocycles. The van der Waals surface area contributed by atoms with Crippen molar-refractivity contribution >= 4 is 16.9 Å². The minimum atomic E-state index is 0.306. The molecule has 3 heterocycles. The molecule has 0 aliphatic carbocycles. The van der Waals surface area contributed by atoms with E-state index in [2.05, 4.69) is 28.8 Å². The summed E-state index contributed by atoms with van der Waals surface area (Å²) in [6, 6.07) is 0. The largest absolute Gasteiger partial charge is 0.376 e. The third kappa shape index (κ3) is 2.92. The first-order chi connectivity index (χ1) is 10.7. The Morgan fingerprint density at radius 1 is 1.32 bits per heavy atom. The average molecular weight is 303 g/mol. The minimum absolute atomic E-state index is 0.306. The Labute approximate surface area is 131 Å². The number of anilines is 1. The van der Waals surface area contributed by atoms with Crippen LogP contribution in [0.3, 0.4) is 0 Å².